The first-order valence-corrected chi connectivity index (χ1v) is 12.1. The molecule has 3 aromatic rings. The Morgan fingerprint density at radius 2 is 1.65 bits per heavy atom. The quantitative estimate of drug-likeness (QED) is 0.431. The molecule has 0 aliphatic carbocycles. The fraction of sp³-hybridized carbons (Fsp3) is 0.231. The van der Waals surface area contributed by atoms with E-state index in [2.05, 4.69) is 4.98 Å². The van der Waals surface area contributed by atoms with E-state index in [0.717, 1.165) is 4.31 Å². The first-order valence-electron chi connectivity index (χ1n) is 10.7. The number of hydrogen-bond acceptors (Lipinski definition) is 6. The third-order valence-corrected chi connectivity index (χ3v) is 6.44. The van der Waals surface area contributed by atoms with Gasteiger partial charge in [-0.3, -0.25) is 14.1 Å². The first-order chi connectivity index (χ1) is 16.1. The molecule has 1 heterocycles. The summed E-state index contributed by atoms with van der Waals surface area (Å²) in [4.78, 5) is 17.0. The molecule has 1 aromatic heterocycles. The van der Waals surface area contributed by atoms with Crippen molar-refractivity contribution < 1.29 is 22.7 Å². The minimum atomic E-state index is -4.11. The Hall–Kier alpha value is -3.65. The molecule has 0 saturated heterocycles. The number of aromatic nitrogens is 1. The van der Waals surface area contributed by atoms with E-state index >= 15 is 0 Å². The second-order valence-electron chi connectivity index (χ2n) is 8.42. The Morgan fingerprint density at radius 3 is 2.26 bits per heavy atom. The maximum Gasteiger partial charge on any atom is 0.327 e. The Morgan fingerprint density at radius 1 is 0.971 bits per heavy atom. The predicted molar refractivity (Wildman–Crippen MR) is 133 cm³/mol. The molecule has 7 nitrogen and oxygen atoms in total. The van der Waals surface area contributed by atoms with Crippen LogP contribution in [-0.2, 0) is 19.6 Å². The third kappa shape index (κ3) is 6.45. The van der Waals surface area contributed by atoms with Crippen molar-refractivity contribution in [1.82, 2.24) is 4.98 Å². The SMILES string of the molecule is COc1ccc(S(=O)(=O)N(CC(=O)OC(C)(C)C)c2ccccc2/C=C/c2ccccn2)cc1. The fourth-order valence-corrected chi connectivity index (χ4v) is 4.61. The van der Waals surface area contributed by atoms with Gasteiger partial charge in [0.2, 0.25) is 0 Å². The van der Waals surface area contributed by atoms with Crippen molar-refractivity contribution in [3.8, 4) is 5.75 Å². The molecule has 0 fully saturated rings. The van der Waals surface area contributed by atoms with Gasteiger partial charge >= 0.3 is 5.97 Å². The minimum Gasteiger partial charge on any atom is -0.497 e. The van der Waals surface area contributed by atoms with E-state index in [-0.39, 0.29) is 4.90 Å². The van der Waals surface area contributed by atoms with E-state index in [0.29, 0.717) is 22.7 Å². The molecule has 0 saturated carbocycles. The molecule has 3 rings (SSSR count). The summed E-state index contributed by atoms with van der Waals surface area (Å²) in [5, 5.41) is 0. The lowest BCUT2D eigenvalue weighted by Crippen LogP contribution is -2.39. The third-order valence-electron chi connectivity index (χ3n) is 4.67. The summed E-state index contributed by atoms with van der Waals surface area (Å²) in [6.07, 6.45) is 5.22. The number of esters is 1. The van der Waals surface area contributed by atoms with Crippen molar-refractivity contribution in [3.63, 3.8) is 0 Å². The molecule has 0 N–H and O–H groups in total. The molecule has 0 unspecified atom stereocenters. The highest BCUT2D eigenvalue weighted by Crippen LogP contribution is 2.29. The van der Waals surface area contributed by atoms with Gasteiger partial charge in [0.1, 0.15) is 17.9 Å². The molecular weight excluding hydrogens is 452 g/mol. The molecule has 34 heavy (non-hydrogen) atoms. The molecule has 2 aromatic carbocycles. The van der Waals surface area contributed by atoms with Crippen LogP contribution in [0.5, 0.6) is 5.75 Å². The van der Waals surface area contributed by atoms with Gasteiger partial charge < -0.3 is 9.47 Å². The van der Waals surface area contributed by atoms with E-state index in [1.54, 1.807) is 75.5 Å². The number of carbonyl (C=O) groups excluding carboxylic acids is 1. The minimum absolute atomic E-state index is 0.0281. The highest BCUT2D eigenvalue weighted by atomic mass is 32.2. The summed E-state index contributed by atoms with van der Waals surface area (Å²) < 4.78 is 39.0. The second-order valence-corrected chi connectivity index (χ2v) is 10.3. The van der Waals surface area contributed by atoms with E-state index in [1.165, 1.54) is 19.2 Å². The molecule has 8 heteroatoms. The summed E-state index contributed by atoms with van der Waals surface area (Å²) in [6.45, 7) is 4.71. The smallest absolute Gasteiger partial charge is 0.327 e. The van der Waals surface area contributed by atoms with Crippen LogP contribution in [0.25, 0.3) is 12.2 Å². The van der Waals surface area contributed by atoms with Crippen LogP contribution in [0.1, 0.15) is 32.0 Å². The number of para-hydroxylation sites is 1. The summed E-state index contributed by atoms with van der Waals surface area (Å²) in [6, 6.07) is 18.5. The molecule has 0 amide bonds. The van der Waals surface area contributed by atoms with Crippen LogP contribution in [0.4, 0.5) is 5.69 Å². The highest BCUT2D eigenvalue weighted by Gasteiger charge is 2.30. The van der Waals surface area contributed by atoms with Gasteiger partial charge in [-0.25, -0.2) is 8.42 Å². The fourth-order valence-electron chi connectivity index (χ4n) is 3.17. The van der Waals surface area contributed by atoms with Gasteiger partial charge in [0, 0.05) is 6.20 Å². The van der Waals surface area contributed by atoms with E-state index in [4.69, 9.17) is 9.47 Å². The number of anilines is 1. The average molecular weight is 481 g/mol. The largest absolute Gasteiger partial charge is 0.497 e. The predicted octanol–water partition coefficient (Wildman–Crippen LogP) is 4.80. The second kappa shape index (κ2) is 10.5. The Balaban J connectivity index is 2.07. The van der Waals surface area contributed by atoms with E-state index in [9.17, 15) is 13.2 Å². The van der Waals surface area contributed by atoms with Crippen LogP contribution >= 0.6 is 0 Å². The van der Waals surface area contributed by atoms with Crippen LogP contribution in [-0.4, -0.2) is 38.6 Å². The number of methoxy groups -OCH3 is 1. The van der Waals surface area contributed by atoms with Gasteiger partial charge in [-0.15, -0.1) is 0 Å². The van der Waals surface area contributed by atoms with Gasteiger partial charge in [0.15, 0.2) is 0 Å². The number of sulfonamides is 1. The topological polar surface area (TPSA) is 85.8 Å². The van der Waals surface area contributed by atoms with Crippen molar-refractivity contribution >= 4 is 33.8 Å². The molecular formula is C26H28N2O5S. The Labute approximate surface area is 200 Å². The van der Waals surface area contributed by atoms with E-state index in [1.807, 2.05) is 18.2 Å². The Kier molecular flexibility index (Phi) is 7.73. The van der Waals surface area contributed by atoms with Crippen molar-refractivity contribution in [1.29, 1.82) is 0 Å². The summed E-state index contributed by atoms with van der Waals surface area (Å²) in [5.41, 5.74) is 0.907. The van der Waals surface area contributed by atoms with Gasteiger partial charge in [-0.1, -0.05) is 30.3 Å². The van der Waals surface area contributed by atoms with Gasteiger partial charge in [-0.05, 0) is 74.9 Å². The number of pyridine rings is 1. The number of hydrogen-bond donors (Lipinski definition) is 0. The zero-order valence-electron chi connectivity index (χ0n) is 19.6. The zero-order valence-corrected chi connectivity index (χ0v) is 20.5. The lowest BCUT2D eigenvalue weighted by molar-refractivity contribution is -0.152. The molecule has 0 aliphatic heterocycles. The average Bonchev–Trinajstić information content (AvgIpc) is 2.81. The lowest BCUT2D eigenvalue weighted by Gasteiger charge is -2.27. The van der Waals surface area contributed by atoms with Gasteiger partial charge in [0.25, 0.3) is 10.0 Å². The van der Waals surface area contributed by atoms with Gasteiger partial charge in [0.05, 0.1) is 23.4 Å². The summed E-state index contributed by atoms with van der Waals surface area (Å²) >= 11 is 0. The maximum absolute atomic E-state index is 13.7. The number of carbonyl (C=O) groups is 1. The molecule has 0 atom stereocenters. The lowest BCUT2D eigenvalue weighted by atomic mass is 10.1. The standard InChI is InChI=1S/C26H28N2O5S/c1-26(2,3)33-25(29)19-28(34(30,31)23-16-14-22(32-4)15-17-23)24-11-6-5-9-20(24)12-13-21-10-7-8-18-27-21/h5-18H,19H2,1-4H3/b13-12+. The maximum atomic E-state index is 13.7. The molecule has 0 aliphatic rings. The normalized spacial score (nSPS) is 11.9. The number of rotatable bonds is 8. The zero-order chi connectivity index (χ0) is 24.8. The summed E-state index contributed by atoms with van der Waals surface area (Å²) in [7, 11) is -2.61. The number of ether oxygens (including phenoxy) is 2. The Bertz CT molecular complexity index is 1250. The molecule has 178 valence electrons. The van der Waals surface area contributed by atoms with Crippen molar-refractivity contribution in [2.45, 2.75) is 31.3 Å². The van der Waals surface area contributed by atoms with Crippen molar-refractivity contribution in [3.05, 3.63) is 84.2 Å². The monoisotopic (exact) mass is 480 g/mol. The molecule has 0 bridgehead atoms. The molecule has 0 radical (unpaired) electrons. The van der Waals surface area contributed by atoms with Crippen LogP contribution < -0.4 is 9.04 Å². The van der Waals surface area contributed by atoms with Crippen molar-refractivity contribution in [2.75, 3.05) is 18.0 Å². The first kappa shape index (κ1) is 25.0. The highest BCUT2D eigenvalue weighted by molar-refractivity contribution is 7.92. The molecule has 0 spiro atoms. The van der Waals surface area contributed by atoms with E-state index < -0.39 is 28.1 Å². The van der Waals surface area contributed by atoms with Gasteiger partial charge in [-0.2, -0.15) is 0 Å². The van der Waals surface area contributed by atoms with Crippen LogP contribution in [0.15, 0.2) is 77.8 Å². The number of benzene rings is 2. The van der Waals surface area contributed by atoms with Crippen LogP contribution in [0.2, 0.25) is 0 Å². The van der Waals surface area contributed by atoms with Crippen LogP contribution in [0, 0.1) is 0 Å². The number of nitrogens with zero attached hydrogens (tertiary/aromatic N) is 2. The van der Waals surface area contributed by atoms with Crippen molar-refractivity contribution in [2.24, 2.45) is 0 Å². The summed E-state index contributed by atoms with van der Waals surface area (Å²) in [5.74, 6) is -0.135. The van der Waals surface area contributed by atoms with Crippen LogP contribution in [0.3, 0.4) is 0 Å².